The maximum Gasteiger partial charge on any atom is 0.159 e. The van der Waals surface area contributed by atoms with Crippen LogP contribution in [-0.4, -0.2) is 39.6 Å². The topological polar surface area (TPSA) is 36.9 Å². The predicted molar refractivity (Wildman–Crippen MR) is 151 cm³/mol. The van der Waals surface area contributed by atoms with Gasteiger partial charge in [-0.3, -0.25) is 0 Å². The molecule has 0 aliphatic heterocycles. The fraction of sp³-hybridized carbons (Fsp3) is 0.273. The number of hydrogen-bond acceptors (Lipinski definition) is 4. The Kier molecular flexibility index (Phi) is 14.5. The quantitative estimate of drug-likeness (QED) is 0.107. The Labute approximate surface area is 258 Å². The van der Waals surface area contributed by atoms with Crippen LogP contribution in [0, 0.1) is 23.7 Å². The molecule has 0 N–H and O–H groups in total. The highest BCUT2D eigenvalue weighted by Crippen LogP contribution is 2.49. The second-order valence-corrected chi connectivity index (χ2v) is 9.98. The van der Waals surface area contributed by atoms with Gasteiger partial charge in [-0.1, -0.05) is 128 Å². The molecule has 36 heavy (non-hydrogen) atoms. The minimum absolute atomic E-state index is 0.0507. The van der Waals surface area contributed by atoms with Crippen molar-refractivity contribution in [2.24, 2.45) is 0 Å². The lowest BCUT2D eigenvalue weighted by Crippen LogP contribution is -2.08. The van der Waals surface area contributed by atoms with Crippen molar-refractivity contribution in [3.63, 3.8) is 0 Å². The molecule has 0 saturated carbocycles. The highest BCUT2D eigenvalue weighted by Gasteiger charge is 2.21. The Morgan fingerprint density at radius 3 is 0.972 bits per heavy atom. The van der Waals surface area contributed by atoms with Gasteiger partial charge in [0, 0.05) is 0 Å². The predicted octanol–water partition coefficient (Wildman–Crippen LogP) is 9.72. The third-order valence-corrected chi connectivity index (χ3v) is 8.36. The van der Waals surface area contributed by atoms with Crippen LogP contribution in [0.3, 0.4) is 0 Å². The first-order chi connectivity index (χ1) is 17.1. The molecule has 0 bridgehead atoms. The largest absolute Gasteiger partial charge is 0.488 e. The van der Waals surface area contributed by atoms with Crippen LogP contribution in [0.5, 0.6) is 11.5 Å². The van der Waals surface area contributed by atoms with E-state index in [1.54, 1.807) is 0 Å². The summed E-state index contributed by atoms with van der Waals surface area (Å²) in [5.41, 5.74) is 0. The molecule has 0 saturated heterocycles. The molecule has 0 atom stereocenters. The summed E-state index contributed by atoms with van der Waals surface area (Å²) >= 11 is 60.1. The normalized spacial score (nSPS) is 10.4. The van der Waals surface area contributed by atoms with Gasteiger partial charge in [0.05, 0.1) is 43.3 Å². The van der Waals surface area contributed by atoms with Gasteiger partial charge in [0.1, 0.15) is 46.5 Å². The number of ether oxygens (including phenoxy) is 4. The van der Waals surface area contributed by atoms with Gasteiger partial charge in [0.2, 0.25) is 0 Å². The average Bonchev–Trinajstić information content (AvgIpc) is 2.87. The third kappa shape index (κ3) is 8.75. The van der Waals surface area contributed by atoms with Gasteiger partial charge in [-0.05, 0) is 11.8 Å². The van der Waals surface area contributed by atoms with Crippen LogP contribution < -0.4 is 9.47 Å². The monoisotopic (exact) mass is 690 g/mol. The van der Waals surface area contributed by atoms with Gasteiger partial charge in [0.15, 0.2) is 11.5 Å². The Bertz CT molecular complexity index is 1070. The molecular formula is C22H12Cl10O4. The summed E-state index contributed by atoms with van der Waals surface area (Å²) in [5.74, 6) is 10.9. The van der Waals surface area contributed by atoms with E-state index in [9.17, 15) is 0 Å². The lowest BCUT2D eigenvalue weighted by molar-refractivity contribution is 0.124. The van der Waals surface area contributed by atoms with Gasteiger partial charge in [-0.2, -0.15) is 0 Å². The van der Waals surface area contributed by atoms with E-state index < -0.39 is 0 Å². The van der Waals surface area contributed by atoms with E-state index in [-0.39, 0.29) is 101 Å². The van der Waals surface area contributed by atoms with E-state index in [0.29, 0.717) is 0 Å². The zero-order valence-electron chi connectivity index (χ0n) is 17.7. The minimum Gasteiger partial charge on any atom is -0.488 e. The first-order valence-corrected chi connectivity index (χ1v) is 13.3. The SMILES string of the molecule is Clc1c(Cl)c(Cl)c(OCCOCC#CC#CCOCCOc2c(Cl)c(Cl)c(Cl)c(Cl)c2Cl)c(Cl)c1Cl. The molecule has 4 nitrogen and oxygen atoms in total. The van der Waals surface area contributed by atoms with Crippen molar-refractivity contribution in [2.45, 2.75) is 0 Å². The molecule has 0 aromatic heterocycles. The van der Waals surface area contributed by atoms with Gasteiger partial charge in [-0.15, -0.1) is 0 Å². The van der Waals surface area contributed by atoms with Crippen LogP contribution in [-0.2, 0) is 9.47 Å². The second-order valence-electron chi connectivity index (χ2n) is 6.20. The molecule has 194 valence electrons. The Morgan fingerprint density at radius 1 is 0.389 bits per heavy atom. The highest BCUT2D eigenvalue weighted by molar-refractivity contribution is 6.56. The first kappa shape index (κ1) is 32.2. The summed E-state index contributed by atoms with van der Waals surface area (Å²) in [5, 5.41) is 0.551. The van der Waals surface area contributed by atoms with Crippen molar-refractivity contribution in [3.05, 3.63) is 50.2 Å². The maximum absolute atomic E-state index is 6.08. The molecule has 0 fully saturated rings. The molecule has 0 aliphatic carbocycles. The van der Waals surface area contributed by atoms with E-state index in [0.717, 1.165) is 0 Å². The van der Waals surface area contributed by atoms with Crippen molar-refractivity contribution in [2.75, 3.05) is 39.6 Å². The molecule has 2 rings (SSSR count). The third-order valence-electron chi connectivity index (χ3n) is 3.87. The molecule has 0 radical (unpaired) electrons. The van der Waals surface area contributed by atoms with Crippen molar-refractivity contribution in [1.82, 2.24) is 0 Å². The number of benzene rings is 2. The van der Waals surface area contributed by atoms with E-state index in [1.807, 2.05) is 0 Å². The van der Waals surface area contributed by atoms with E-state index in [2.05, 4.69) is 23.7 Å². The van der Waals surface area contributed by atoms with Crippen LogP contribution in [0.2, 0.25) is 50.2 Å². The highest BCUT2D eigenvalue weighted by atomic mass is 35.5. The Balaban J connectivity index is 1.63. The summed E-state index contributed by atoms with van der Waals surface area (Å²) in [6.07, 6.45) is 0. The second kappa shape index (κ2) is 16.2. The van der Waals surface area contributed by atoms with E-state index in [4.69, 9.17) is 135 Å². The van der Waals surface area contributed by atoms with Crippen molar-refractivity contribution in [1.29, 1.82) is 0 Å². The molecule has 0 aliphatic rings. The smallest absolute Gasteiger partial charge is 0.159 e. The van der Waals surface area contributed by atoms with Crippen LogP contribution in [0.15, 0.2) is 0 Å². The lowest BCUT2D eigenvalue weighted by atomic mass is 10.3. The molecule has 0 spiro atoms. The molecule has 14 heteroatoms. The van der Waals surface area contributed by atoms with Crippen LogP contribution in [0.4, 0.5) is 0 Å². The summed E-state index contributed by atoms with van der Waals surface area (Å²) < 4.78 is 21.6. The zero-order chi connectivity index (χ0) is 26.8. The van der Waals surface area contributed by atoms with Crippen LogP contribution in [0.25, 0.3) is 0 Å². The molecule has 0 unspecified atom stereocenters. The molecule has 2 aromatic carbocycles. The Morgan fingerprint density at radius 2 is 0.667 bits per heavy atom. The minimum atomic E-state index is 0.0507. The summed E-state index contributed by atoms with van der Waals surface area (Å²) in [4.78, 5) is 0. The van der Waals surface area contributed by atoms with Gasteiger partial charge < -0.3 is 18.9 Å². The van der Waals surface area contributed by atoms with Gasteiger partial charge in [0.25, 0.3) is 0 Å². The van der Waals surface area contributed by atoms with E-state index in [1.165, 1.54) is 0 Å². The number of hydrogen-bond donors (Lipinski definition) is 0. The van der Waals surface area contributed by atoms with E-state index >= 15 is 0 Å². The van der Waals surface area contributed by atoms with Crippen LogP contribution in [0.1, 0.15) is 0 Å². The summed E-state index contributed by atoms with van der Waals surface area (Å²) in [6, 6.07) is 0. The fourth-order valence-corrected chi connectivity index (χ4v) is 4.70. The van der Waals surface area contributed by atoms with Gasteiger partial charge in [-0.25, -0.2) is 0 Å². The molecule has 2 aromatic rings. The van der Waals surface area contributed by atoms with Crippen molar-refractivity contribution < 1.29 is 18.9 Å². The maximum atomic E-state index is 6.08. The number of halogens is 10. The van der Waals surface area contributed by atoms with Crippen LogP contribution >= 0.6 is 116 Å². The summed E-state index contributed by atoms with van der Waals surface area (Å²) in [6.45, 7) is 0.916. The van der Waals surface area contributed by atoms with Crippen molar-refractivity contribution in [3.8, 4) is 35.2 Å². The Hall–Kier alpha value is -0.0200. The lowest BCUT2D eigenvalue weighted by Gasteiger charge is -2.13. The average molecular weight is 695 g/mol. The van der Waals surface area contributed by atoms with Crippen molar-refractivity contribution >= 4 is 116 Å². The van der Waals surface area contributed by atoms with Gasteiger partial charge >= 0.3 is 0 Å². The first-order valence-electron chi connectivity index (χ1n) is 9.49. The standard InChI is InChI=1S/C22H12Cl10O4/c23-11-13(25)17(29)21(18(30)14(11)26)35-9-7-33-5-3-1-2-4-6-34-8-10-36-22-19(31)15(27)12(24)16(28)20(22)32/h5-10H2. The molecule has 0 heterocycles. The summed E-state index contributed by atoms with van der Waals surface area (Å²) in [7, 11) is 0. The fourth-order valence-electron chi connectivity index (χ4n) is 2.24. The zero-order valence-corrected chi connectivity index (χ0v) is 25.2. The number of rotatable bonds is 10. The molecular weight excluding hydrogens is 683 g/mol. The molecule has 0 amide bonds.